The van der Waals surface area contributed by atoms with Crippen LogP contribution in [-0.4, -0.2) is 50.3 Å². The summed E-state index contributed by atoms with van der Waals surface area (Å²) in [6.07, 6.45) is 0. The minimum atomic E-state index is 0.460. The Labute approximate surface area is 126 Å². The zero-order valence-electron chi connectivity index (χ0n) is 12.9. The van der Waals surface area contributed by atoms with Crippen LogP contribution in [0.5, 0.6) is 0 Å². The average Bonchev–Trinajstić information content (AvgIpc) is 2.45. The van der Waals surface area contributed by atoms with Gasteiger partial charge in [-0.25, -0.2) is 0 Å². The van der Waals surface area contributed by atoms with E-state index in [1.165, 1.54) is 5.56 Å². The van der Waals surface area contributed by atoms with Crippen molar-refractivity contribution in [2.75, 3.05) is 44.3 Å². The smallest absolute Gasteiger partial charge is 0.101 e. The molecule has 0 aromatic heterocycles. The van der Waals surface area contributed by atoms with Gasteiger partial charge in [0.25, 0.3) is 0 Å². The second kappa shape index (κ2) is 6.05. The van der Waals surface area contributed by atoms with Crippen molar-refractivity contribution in [1.29, 1.82) is 5.26 Å². The number of piperazine rings is 1. The van der Waals surface area contributed by atoms with E-state index in [0.29, 0.717) is 12.0 Å². The maximum absolute atomic E-state index is 9.44. The Balaban J connectivity index is 1.71. The van der Waals surface area contributed by atoms with Crippen LogP contribution in [0.3, 0.4) is 0 Å². The summed E-state index contributed by atoms with van der Waals surface area (Å²) in [7, 11) is 0. The number of nitriles is 1. The lowest BCUT2D eigenvalue weighted by Gasteiger charge is -2.43. The molecule has 4 nitrogen and oxygen atoms in total. The molecule has 2 heterocycles. The third-order valence-corrected chi connectivity index (χ3v) is 4.60. The highest BCUT2D eigenvalue weighted by Gasteiger charge is 2.29. The number of hydrogen-bond donors (Lipinski definition) is 0. The number of nitrogens with zero attached hydrogens (tertiary/aromatic N) is 3. The summed E-state index contributed by atoms with van der Waals surface area (Å²) in [6, 6.07) is 9.31. The molecular weight excluding hydrogens is 262 g/mol. The first-order valence-corrected chi connectivity index (χ1v) is 7.80. The first kappa shape index (κ1) is 14.4. The molecule has 2 fully saturated rings. The van der Waals surface area contributed by atoms with Crippen molar-refractivity contribution in [3.8, 4) is 6.07 Å². The topological polar surface area (TPSA) is 39.5 Å². The van der Waals surface area contributed by atoms with Gasteiger partial charge in [0.15, 0.2) is 0 Å². The van der Waals surface area contributed by atoms with Gasteiger partial charge in [0.2, 0.25) is 0 Å². The fourth-order valence-electron chi connectivity index (χ4n) is 3.04. The number of benzene rings is 1. The van der Waals surface area contributed by atoms with E-state index in [9.17, 15) is 5.26 Å². The zero-order valence-corrected chi connectivity index (χ0v) is 12.9. The van der Waals surface area contributed by atoms with Gasteiger partial charge in [-0.15, -0.1) is 0 Å². The van der Waals surface area contributed by atoms with Gasteiger partial charge in [0, 0.05) is 26.2 Å². The van der Waals surface area contributed by atoms with Gasteiger partial charge >= 0.3 is 0 Å². The fourth-order valence-corrected chi connectivity index (χ4v) is 3.04. The normalized spacial score (nSPS) is 20.4. The molecule has 0 spiro atoms. The molecule has 1 aromatic rings. The SMILES string of the molecule is CC(C)c1ccc(N2CCN(C3COC3)CC2)c(C#N)c1. The predicted molar refractivity (Wildman–Crippen MR) is 83.6 cm³/mol. The number of rotatable bonds is 3. The molecule has 112 valence electrons. The van der Waals surface area contributed by atoms with Crippen LogP contribution < -0.4 is 4.90 Å². The van der Waals surface area contributed by atoms with Crippen molar-refractivity contribution in [3.63, 3.8) is 0 Å². The largest absolute Gasteiger partial charge is 0.378 e. The summed E-state index contributed by atoms with van der Waals surface area (Å²) < 4.78 is 5.27. The summed E-state index contributed by atoms with van der Waals surface area (Å²) in [4.78, 5) is 4.85. The maximum atomic E-state index is 9.44. The number of ether oxygens (including phenoxy) is 1. The van der Waals surface area contributed by atoms with Gasteiger partial charge in [-0.3, -0.25) is 4.90 Å². The van der Waals surface area contributed by atoms with E-state index in [4.69, 9.17) is 4.74 Å². The van der Waals surface area contributed by atoms with E-state index >= 15 is 0 Å². The van der Waals surface area contributed by atoms with Crippen LogP contribution in [0.2, 0.25) is 0 Å². The Morgan fingerprint density at radius 3 is 2.43 bits per heavy atom. The quantitative estimate of drug-likeness (QED) is 0.853. The lowest BCUT2D eigenvalue weighted by Crippen LogP contribution is -2.56. The van der Waals surface area contributed by atoms with Gasteiger partial charge in [0.1, 0.15) is 6.07 Å². The molecule has 0 atom stereocenters. The maximum Gasteiger partial charge on any atom is 0.101 e. The Hall–Kier alpha value is -1.57. The lowest BCUT2D eigenvalue weighted by atomic mass is 9.99. The van der Waals surface area contributed by atoms with E-state index in [1.54, 1.807) is 0 Å². The molecule has 4 heteroatoms. The zero-order chi connectivity index (χ0) is 14.8. The molecule has 0 saturated carbocycles. The monoisotopic (exact) mass is 285 g/mol. The summed E-state index contributed by atoms with van der Waals surface area (Å²) >= 11 is 0. The third kappa shape index (κ3) is 2.90. The summed E-state index contributed by atoms with van der Waals surface area (Å²) in [5, 5.41) is 9.44. The van der Waals surface area contributed by atoms with Gasteiger partial charge in [-0.1, -0.05) is 19.9 Å². The van der Waals surface area contributed by atoms with E-state index in [0.717, 1.165) is 50.6 Å². The van der Waals surface area contributed by atoms with E-state index in [1.807, 2.05) is 6.07 Å². The summed E-state index contributed by atoms with van der Waals surface area (Å²) in [5.41, 5.74) is 3.13. The summed E-state index contributed by atoms with van der Waals surface area (Å²) in [6.45, 7) is 10.2. The summed E-state index contributed by atoms with van der Waals surface area (Å²) in [5.74, 6) is 0.460. The molecule has 0 amide bonds. The minimum absolute atomic E-state index is 0.460. The van der Waals surface area contributed by atoms with Gasteiger partial charge in [-0.2, -0.15) is 5.26 Å². The van der Waals surface area contributed by atoms with Crippen LogP contribution >= 0.6 is 0 Å². The van der Waals surface area contributed by atoms with Crippen LogP contribution in [0.4, 0.5) is 5.69 Å². The van der Waals surface area contributed by atoms with Crippen molar-refractivity contribution in [3.05, 3.63) is 29.3 Å². The lowest BCUT2D eigenvalue weighted by molar-refractivity contribution is -0.0660. The van der Waals surface area contributed by atoms with Crippen molar-refractivity contribution in [2.45, 2.75) is 25.8 Å². The second-order valence-corrected chi connectivity index (χ2v) is 6.26. The van der Waals surface area contributed by atoms with Crippen LogP contribution in [0.15, 0.2) is 18.2 Å². The fraction of sp³-hybridized carbons (Fsp3) is 0.588. The van der Waals surface area contributed by atoms with Crippen molar-refractivity contribution >= 4 is 5.69 Å². The second-order valence-electron chi connectivity index (χ2n) is 6.26. The molecule has 2 saturated heterocycles. The molecule has 0 radical (unpaired) electrons. The standard InChI is InChI=1S/C17H23N3O/c1-13(2)14-3-4-17(15(9-14)10-18)20-7-5-19(6-8-20)16-11-21-12-16/h3-4,9,13,16H,5-8,11-12H2,1-2H3. The van der Waals surface area contributed by atoms with Crippen LogP contribution in [0.25, 0.3) is 0 Å². The number of hydrogen-bond acceptors (Lipinski definition) is 4. The highest BCUT2D eigenvalue weighted by atomic mass is 16.5. The van der Waals surface area contributed by atoms with Crippen molar-refractivity contribution < 1.29 is 4.74 Å². The highest BCUT2D eigenvalue weighted by molar-refractivity contribution is 5.61. The van der Waals surface area contributed by atoms with E-state index in [-0.39, 0.29) is 0 Å². The molecule has 0 N–H and O–H groups in total. The minimum Gasteiger partial charge on any atom is -0.378 e. The molecule has 21 heavy (non-hydrogen) atoms. The molecule has 1 aromatic carbocycles. The molecule has 0 bridgehead atoms. The molecule has 0 unspecified atom stereocenters. The molecule has 2 aliphatic rings. The van der Waals surface area contributed by atoms with Crippen LogP contribution in [0, 0.1) is 11.3 Å². The van der Waals surface area contributed by atoms with Crippen molar-refractivity contribution in [1.82, 2.24) is 4.90 Å². The Kier molecular flexibility index (Phi) is 4.14. The molecule has 2 aliphatic heterocycles. The van der Waals surface area contributed by atoms with Crippen molar-refractivity contribution in [2.24, 2.45) is 0 Å². The Morgan fingerprint density at radius 1 is 1.19 bits per heavy atom. The Bertz CT molecular complexity index is 537. The van der Waals surface area contributed by atoms with Gasteiger partial charge in [-0.05, 0) is 23.6 Å². The van der Waals surface area contributed by atoms with E-state index in [2.05, 4.69) is 41.8 Å². The van der Waals surface area contributed by atoms with Crippen LogP contribution in [0.1, 0.15) is 30.9 Å². The predicted octanol–water partition coefficient (Wildman–Crippen LogP) is 2.20. The van der Waals surface area contributed by atoms with Crippen LogP contribution in [-0.2, 0) is 4.74 Å². The van der Waals surface area contributed by atoms with E-state index < -0.39 is 0 Å². The molecule has 0 aliphatic carbocycles. The molecular formula is C17H23N3O. The third-order valence-electron chi connectivity index (χ3n) is 4.60. The average molecular weight is 285 g/mol. The Morgan fingerprint density at radius 2 is 1.90 bits per heavy atom. The highest BCUT2D eigenvalue weighted by Crippen LogP contribution is 2.26. The molecule has 3 rings (SSSR count). The van der Waals surface area contributed by atoms with Gasteiger partial charge in [0.05, 0.1) is 30.5 Å². The first-order valence-electron chi connectivity index (χ1n) is 7.80. The first-order chi connectivity index (χ1) is 10.2. The van der Waals surface area contributed by atoms with Gasteiger partial charge < -0.3 is 9.64 Å². The number of anilines is 1.